The van der Waals surface area contributed by atoms with Crippen molar-refractivity contribution in [2.45, 2.75) is 6.42 Å². The highest BCUT2D eigenvalue weighted by molar-refractivity contribution is 5.89. The lowest BCUT2D eigenvalue weighted by atomic mass is 10.1. The minimum Gasteiger partial charge on any atom is -0.497 e. The number of carbonyl (C=O) groups excluding carboxylic acids is 1. The van der Waals surface area contributed by atoms with Gasteiger partial charge in [0.05, 0.1) is 20.1 Å². The summed E-state index contributed by atoms with van der Waals surface area (Å²) in [6.07, 6.45) is 2.11. The first-order valence-corrected chi connectivity index (χ1v) is 5.76. The third-order valence-electron chi connectivity index (χ3n) is 2.76. The summed E-state index contributed by atoms with van der Waals surface area (Å²) in [4.78, 5) is 14.7. The second-order valence-corrected chi connectivity index (χ2v) is 3.98. The number of hydrogen-bond donors (Lipinski definition) is 3. The fraction of sp³-hybridized carbons (Fsp3) is 0.308. The van der Waals surface area contributed by atoms with Gasteiger partial charge in [0.25, 0.3) is 0 Å². The molecule has 0 atom stereocenters. The molecule has 1 aromatic heterocycles. The topological polar surface area (TPSA) is 74.4 Å². The molecule has 18 heavy (non-hydrogen) atoms. The number of H-pyrrole nitrogens is 1. The lowest BCUT2D eigenvalue weighted by Crippen LogP contribution is -2.27. The van der Waals surface area contributed by atoms with Gasteiger partial charge in [0, 0.05) is 23.6 Å². The predicted molar refractivity (Wildman–Crippen MR) is 68.7 cm³/mol. The Morgan fingerprint density at radius 1 is 1.50 bits per heavy atom. The molecule has 0 saturated carbocycles. The van der Waals surface area contributed by atoms with E-state index in [0.29, 0.717) is 0 Å². The molecule has 1 aromatic carbocycles. The number of aliphatic hydroxyl groups is 1. The van der Waals surface area contributed by atoms with Crippen molar-refractivity contribution in [3.63, 3.8) is 0 Å². The van der Waals surface area contributed by atoms with Crippen molar-refractivity contribution >= 4 is 16.8 Å². The zero-order valence-electron chi connectivity index (χ0n) is 10.2. The maximum atomic E-state index is 11.6. The number of rotatable bonds is 5. The van der Waals surface area contributed by atoms with Gasteiger partial charge in [-0.15, -0.1) is 0 Å². The van der Waals surface area contributed by atoms with Gasteiger partial charge in [0.1, 0.15) is 5.75 Å². The highest BCUT2D eigenvalue weighted by atomic mass is 16.5. The van der Waals surface area contributed by atoms with Crippen LogP contribution in [0, 0.1) is 0 Å². The third-order valence-corrected chi connectivity index (χ3v) is 2.76. The number of amides is 1. The highest BCUT2D eigenvalue weighted by Gasteiger charge is 2.09. The average Bonchev–Trinajstić information content (AvgIpc) is 2.78. The molecule has 1 amide bonds. The van der Waals surface area contributed by atoms with Gasteiger partial charge >= 0.3 is 0 Å². The van der Waals surface area contributed by atoms with Gasteiger partial charge in [-0.1, -0.05) is 0 Å². The van der Waals surface area contributed by atoms with E-state index >= 15 is 0 Å². The number of aromatic amines is 1. The zero-order chi connectivity index (χ0) is 13.0. The lowest BCUT2D eigenvalue weighted by Gasteiger charge is -2.03. The summed E-state index contributed by atoms with van der Waals surface area (Å²) in [7, 11) is 1.61. The summed E-state index contributed by atoms with van der Waals surface area (Å²) in [5, 5.41) is 12.3. The quantitative estimate of drug-likeness (QED) is 0.733. The number of aliphatic hydroxyl groups excluding tert-OH is 1. The second kappa shape index (κ2) is 5.55. The van der Waals surface area contributed by atoms with E-state index in [-0.39, 0.29) is 25.5 Å². The minimum absolute atomic E-state index is 0.0482. The Kier molecular flexibility index (Phi) is 3.84. The Balaban J connectivity index is 2.20. The van der Waals surface area contributed by atoms with Crippen LogP contribution >= 0.6 is 0 Å². The van der Waals surface area contributed by atoms with E-state index in [1.54, 1.807) is 7.11 Å². The minimum atomic E-state index is -0.104. The Morgan fingerprint density at radius 2 is 2.33 bits per heavy atom. The van der Waals surface area contributed by atoms with Crippen LogP contribution in [-0.2, 0) is 11.2 Å². The van der Waals surface area contributed by atoms with Crippen molar-refractivity contribution in [2.24, 2.45) is 0 Å². The zero-order valence-corrected chi connectivity index (χ0v) is 10.2. The number of methoxy groups -OCH3 is 1. The van der Waals surface area contributed by atoms with Crippen LogP contribution in [-0.4, -0.2) is 36.3 Å². The molecule has 1 heterocycles. The Hall–Kier alpha value is -2.01. The van der Waals surface area contributed by atoms with E-state index in [9.17, 15) is 4.79 Å². The summed E-state index contributed by atoms with van der Waals surface area (Å²) in [5.74, 6) is 0.659. The van der Waals surface area contributed by atoms with Crippen LogP contribution < -0.4 is 10.1 Å². The first-order chi connectivity index (χ1) is 8.74. The van der Waals surface area contributed by atoms with Crippen molar-refractivity contribution < 1.29 is 14.6 Å². The summed E-state index contributed by atoms with van der Waals surface area (Å²) < 4.78 is 5.17. The molecule has 3 N–H and O–H groups in total. The molecular formula is C13H16N2O3. The van der Waals surface area contributed by atoms with Crippen LogP contribution in [0.25, 0.3) is 10.9 Å². The molecule has 0 bridgehead atoms. The first kappa shape index (κ1) is 12.4. The predicted octanol–water partition coefficient (Wildman–Crippen LogP) is 0.827. The molecule has 0 radical (unpaired) electrons. The molecule has 0 aliphatic rings. The van der Waals surface area contributed by atoms with Gasteiger partial charge in [-0.3, -0.25) is 4.79 Å². The number of nitrogens with one attached hydrogen (secondary N) is 2. The number of benzene rings is 1. The average molecular weight is 248 g/mol. The fourth-order valence-electron chi connectivity index (χ4n) is 1.86. The molecule has 5 nitrogen and oxygen atoms in total. The largest absolute Gasteiger partial charge is 0.497 e. The molecule has 0 aliphatic carbocycles. The second-order valence-electron chi connectivity index (χ2n) is 3.98. The Morgan fingerprint density at radius 3 is 3.06 bits per heavy atom. The van der Waals surface area contributed by atoms with Crippen molar-refractivity contribution in [3.05, 3.63) is 30.0 Å². The summed E-state index contributed by atoms with van der Waals surface area (Å²) in [6, 6.07) is 5.69. The van der Waals surface area contributed by atoms with E-state index in [1.165, 1.54) is 0 Å². The summed E-state index contributed by atoms with van der Waals surface area (Å²) in [5.41, 5.74) is 1.89. The molecule has 0 spiro atoms. The SMILES string of the molecule is COc1ccc2[nH]cc(CC(=O)NCCO)c2c1. The number of hydrogen-bond acceptors (Lipinski definition) is 3. The molecule has 5 heteroatoms. The Labute approximate surface area is 105 Å². The van der Waals surface area contributed by atoms with Gasteiger partial charge in [-0.25, -0.2) is 0 Å². The summed E-state index contributed by atoms with van der Waals surface area (Å²) >= 11 is 0. The van der Waals surface area contributed by atoms with Crippen LogP contribution in [0.15, 0.2) is 24.4 Å². The molecule has 0 fully saturated rings. The third kappa shape index (κ3) is 2.62. The van der Waals surface area contributed by atoms with Crippen molar-refractivity contribution in [3.8, 4) is 5.75 Å². The van der Waals surface area contributed by atoms with Crippen LogP contribution in [0.1, 0.15) is 5.56 Å². The van der Waals surface area contributed by atoms with E-state index in [2.05, 4.69) is 10.3 Å². The molecule has 0 unspecified atom stereocenters. The molecule has 2 rings (SSSR count). The van der Waals surface area contributed by atoms with Gasteiger partial charge in [-0.05, 0) is 23.8 Å². The van der Waals surface area contributed by atoms with Gasteiger partial charge in [0.15, 0.2) is 0 Å². The highest BCUT2D eigenvalue weighted by Crippen LogP contribution is 2.23. The van der Waals surface area contributed by atoms with E-state index < -0.39 is 0 Å². The molecular weight excluding hydrogens is 232 g/mol. The summed E-state index contributed by atoms with van der Waals surface area (Å²) in [6.45, 7) is 0.234. The molecule has 0 saturated heterocycles. The van der Waals surface area contributed by atoms with Crippen molar-refractivity contribution in [1.29, 1.82) is 0 Å². The van der Waals surface area contributed by atoms with Crippen LogP contribution in [0.5, 0.6) is 5.75 Å². The fourth-order valence-corrected chi connectivity index (χ4v) is 1.86. The smallest absolute Gasteiger partial charge is 0.224 e. The van der Waals surface area contributed by atoms with E-state index in [4.69, 9.17) is 9.84 Å². The number of fused-ring (bicyclic) bond motifs is 1. The standard InChI is InChI=1S/C13H16N2O3/c1-18-10-2-3-12-11(7-10)9(8-15-12)6-13(17)14-4-5-16/h2-3,7-8,15-16H,4-6H2,1H3,(H,14,17). The number of carbonyl (C=O) groups is 1. The maximum Gasteiger partial charge on any atom is 0.224 e. The van der Waals surface area contributed by atoms with Gasteiger partial charge < -0.3 is 20.1 Å². The maximum absolute atomic E-state index is 11.6. The lowest BCUT2D eigenvalue weighted by molar-refractivity contribution is -0.120. The number of ether oxygens (including phenoxy) is 1. The van der Waals surface area contributed by atoms with E-state index in [0.717, 1.165) is 22.2 Å². The van der Waals surface area contributed by atoms with Gasteiger partial charge in [0.2, 0.25) is 5.91 Å². The van der Waals surface area contributed by atoms with Crippen molar-refractivity contribution in [2.75, 3.05) is 20.3 Å². The van der Waals surface area contributed by atoms with E-state index in [1.807, 2.05) is 24.4 Å². The molecule has 96 valence electrons. The van der Waals surface area contributed by atoms with Gasteiger partial charge in [-0.2, -0.15) is 0 Å². The molecule has 2 aromatic rings. The van der Waals surface area contributed by atoms with Crippen molar-refractivity contribution in [1.82, 2.24) is 10.3 Å². The Bertz CT molecular complexity index is 548. The number of aromatic nitrogens is 1. The van der Waals surface area contributed by atoms with Crippen LogP contribution in [0.4, 0.5) is 0 Å². The normalized spacial score (nSPS) is 10.6. The first-order valence-electron chi connectivity index (χ1n) is 5.76. The molecule has 0 aliphatic heterocycles. The van der Waals surface area contributed by atoms with Crippen LogP contribution in [0.3, 0.4) is 0 Å². The van der Waals surface area contributed by atoms with Crippen LogP contribution in [0.2, 0.25) is 0 Å². The monoisotopic (exact) mass is 248 g/mol.